The Morgan fingerprint density at radius 1 is 1.44 bits per heavy atom. The summed E-state index contributed by atoms with van der Waals surface area (Å²) in [6, 6.07) is 7.82. The minimum absolute atomic E-state index is 0.0291. The predicted molar refractivity (Wildman–Crippen MR) is 72.9 cm³/mol. The number of halogens is 1. The molecule has 2 rings (SSSR count). The number of carbonyl (C=O) groups excluding carboxylic acids is 1. The van der Waals surface area contributed by atoms with E-state index in [9.17, 15) is 4.79 Å². The monoisotopic (exact) mass is 265 g/mol. The molecule has 1 heterocycles. The summed E-state index contributed by atoms with van der Waals surface area (Å²) in [6.07, 6.45) is 2.31. The standard InChI is InChI=1S/C14H16ClNO2/c1-3-18-13(17)9-10(2)16-8-7-11-5-4-6-12(15)14(11)16/h4-8,10H,3,9H2,1-2H3. The van der Waals surface area contributed by atoms with Crippen LogP contribution in [0.1, 0.15) is 26.3 Å². The molecule has 96 valence electrons. The van der Waals surface area contributed by atoms with E-state index in [1.165, 1.54) is 0 Å². The van der Waals surface area contributed by atoms with E-state index in [-0.39, 0.29) is 12.0 Å². The number of fused-ring (bicyclic) bond motifs is 1. The van der Waals surface area contributed by atoms with Crippen molar-refractivity contribution in [2.45, 2.75) is 26.3 Å². The van der Waals surface area contributed by atoms with Gasteiger partial charge in [-0.05, 0) is 26.0 Å². The number of esters is 1. The van der Waals surface area contributed by atoms with E-state index in [1.54, 1.807) is 0 Å². The first-order valence-electron chi connectivity index (χ1n) is 6.04. The molecule has 1 unspecified atom stereocenters. The van der Waals surface area contributed by atoms with Crippen molar-refractivity contribution in [1.82, 2.24) is 4.57 Å². The Morgan fingerprint density at radius 3 is 2.94 bits per heavy atom. The maximum Gasteiger partial charge on any atom is 0.307 e. The molecule has 3 nitrogen and oxygen atoms in total. The van der Waals surface area contributed by atoms with Crippen LogP contribution >= 0.6 is 11.6 Å². The van der Waals surface area contributed by atoms with Crippen LogP contribution in [0.4, 0.5) is 0 Å². The van der Waals surface area contributed by atoms with E-state index in [1.807, 2.05) is 48.9 Å². The van der Waals surface area contributed by atoms with Crippen LogP contribution in [-0.2, 0) is 9.53 Å². The highest BCUT2D eigenvalue weighted by Gasteiger charge is 2.14. The van der Waals surface area contributed by atoms with E-state index < -0.39 is 0 Å². The van der Waals surface area contributed by atoms with Gasteiger partial charge in [-0.1, -0.05) is 23.7 Å². The molecule has 0 aliphatic rings. The van der Waals surface area contributed by atoms with Crippen LogP contribution in [0.15, 0.2) is 30.5 Å². The highest BCUT2D eigenvalue weighted by molar-refractivity contribution is 6.35. The molecule has 1 aromatic carbocycles. The van der Waals surface area contributed by atoms with Crippen LogP contribution in [0.2, 0.25) is 5.02 Å². The van der Waals surface area contributed by atoms with Crippen LogP contribution in [0.3, 0.4) is 0 Å². The minimum atomic E-state index is -0.182. The summed E-state index contributed by atoms with van der Waals surface area (Å²) in [7, 11) is 0. The smallest absolute Gasteiger partial charge is 0.307 e. The zero-order valence-electron chi connectivity index (χ0n) is 10.5. The molecule has 0 fully saturated rings. The summed E-state index contributed by atoms with van der Waals surface area (Å²) in [5.41, 5.74) is 0.968. The van der Waals surface area contributed by atoms with Gasteiger partial charge in [0.25, 0.3) is 0 Å². The lowest BCUT2D eigenvalue weighted by atomic mass is 10.2. The van der Waals surface area contributed by atoms with Gasteiger partial charge in [0.2, 0.25) is 0 Å². The second-order valence-corrected chi connectivity index (χ2v) is 4.67. The zero-order chi connectivity index (χ0) is 13.1. The van der Waals surface area contributed by atoms with Crippen LogP contribution in [0.25, 0.3) is 10.9 Å². The average Bonchev–Trinajstić information content (AvgIpc) is 2.74. The van der Waals surface area contributed by atoms with Crippen molar-refractivity contribution < 1.29 is 9.53 Å². The molecule has 0 aliphatic carbocycles. The first kappa shape index (κ1) is 13.0. The molecule has 0 N–H and O–H groups in total. The average molecular weight is 266 g/mol. The Hall–Kier alpha value is -1.48. The molecule has 0 aliphatic heterocycles. The normalized spacial score (nSPS) is 12.6. The molecule has 0 bridgehead atoms. The van der Waals surface area contributed by atoms with Crippen LogP contribution in [-0.4, -0.2) is 17.1 Å². The largest absolute Gasteiger partial charge is 0.466 e. The Kier molecular flexibility index (Phi) is 3.92. The highest BCUT2D eigenvalue weighted by Crippen LogP contribution is 2.28. The Morgan fingerprint density at radius 2 is 2.22 bits per heavy atom. The third-order valence-electron chi connectivity index (χ3n) is 2.93. The number of aromatic nitrogens is 1. The van der Waals surface area contributed by atoms with Gasteiger partial charge < -0.3 is 9.30 Å². The van der Waals surface area contributed by atoms with Crippen molar-refractivity contribution in [1.29, 1.82) is 0 Å². The zero-order valence-corrected chi connectivity index (χ0v) is 11.3. The quantitative estimate of drug-likeness (QED) is 0.787. The Bertz CT molecular complexity index is 562. The molecule has 2 aromatic rings. The minimum Gasteiger partial charge on any atom is -0.466 e. The molecule has 1 aromatic heterocycles. The summed E-state index contributed by atoms with van der Waals surface area (Å²) < 4.78 is 6.99. The lowest BCUT2D eigenvalue weighted by molar-refractivity contribution is -0.143. The lowest BCUT2D eigenvalue weighted by Gasteiger charge is -2.15. The second-order valence-electron chi connectivity index (χ2n) is 4.26. The summed E-state index contributed by atoms with van der Waals surface area (Å²) in [4.78, 5) is 11.5. The van der Waals surface area contributed by atoms with Gasteiger partial charge >= 0.3 is 5.97 Å². The molecule has 1 atom stereocenters. The second kappa shape index (κ2) is 5.44. The molecule has 0 saturated heterocycles. The first-order valence-corrected chi connectivity index (χ1v) is 6.42. The fourth-order valence-corrected chi connectivity index (χ4v) is 2.38. The number of nitrogens with zero attached hydrogens (tertiary/aromatic N) is 1. The van der Waals surface area contributed by atoms with Crippen LogP contribution < -0.4 is 0 Å². The predicted octanol–water partition coefficient (Wildman–Crippen LogP) is 3.81. The Balaban J connectivity index is 2.28. The van der Waals surface area contributed by atoms with Crippen molar-refractivity contribution in [3.05, 3.63) is 35.5 Å². The molecule has 18 heavy (non-hydrogen) atoms. The van der Waals surface area contributed by atoms with Gasteiger partial charge in [0.1, 0.15) is 0 Å². The van der Waals surface area contributed by atoms with E-state index in [2.05, 4.69) is 0 Å². The van der Waals surface area contributed by atoms with E-state index in [4.69, 9.17) is 16.3 Å². The summed E-state index contributed by atoms with van der Waals surface area (Å²) in [5.74, 6) is -0.182. The topological polar surface area (TPSA) is 31.2 Å². The number of hydrogen-bond donors (Lipinski definition) is 0. The number of carbonyl (C=O) groups is 1. The van der Waals surface area contributed by atoms with Gasteiger partial charge in [-0.25, -0.2) is 0 Å². The number of benzene rings is 1. The summed E-state index contributed by atoms with van der Waals surface area (Å²) in [5, 5.41) is 1.78. The van der Waals surface area contributed by atoms with Gasteiger partial charge in [0.15, 0.2) is 0 Å². The molecule has 4 heteroatoms. The third-order valence-corrected chi connectivity index (χ3v) is 3.24. The fourth-order valence-electron chi connectivity index (χ4n) is 2.10. The molecule has 0 amide bonds. The molecular weight excluding hydrogens is 250 g/mol. The van der Waals surface area contributed by atoms with Gasteiger partial charge in [-0.15, -0.1) is 0 Å². The molecule has 0 saturated carbocycles. The number of para-hydroxylation sites is 1. The van der Waals surface area contributed by atoms with Gasteiger partial charge in [0.05, 0.1) is 23.6 Å². The van der Waals surface area contributed by atoms with Crippen LogP contribution in [0.5, 0.6) is 0 Å². The molecule has 0 spiro atoms. The van der Waals surface area contributed by atoms with E-state index >= 15 is 0 Å². The van der Waals surface area contributed by atoms with E-state index in [0.29, 0.717) is 18.1 Å². The fraction of sp³-hybridized carbons (Fsp3) is 0.357. The van der Waals surface area contributed by atoms with E-state index in [0.717, 1.165) is 10.9 Å². The maximum absolute atomic E-state index is 11.5. The van der Waals surface area contributed by atoms with Crippen molar-refractivity contribution in [3.8, 4) is 0 Å². The molecule has 0 radical (unpaired) electrons. The summed E-state index contributed by atoms with van der Waals surface area (Å²) in [6.45, 7) is 4.21. The SMILES string of the molecule is CCOC(=O)CC(C)n1ccc2cccc(Cl)c21. The van der Waals surface area contributed by atoms with Crippen LogP contribution in [0, 0.1) is 0 Å². The number of rotatable bonds is 4. The maximum atomic E-state index is 11.5. The third kappa shape index (κ3) is 2.51. The lowest BCUT2D eigenvalue weighted by Crippen LogP contribution is -2.12. The van der Waals surface area contributed by atoms with Crippen molar-refractivity contribution in [3.63, 3.8) is 0 Å². The Labute approximate surface area is 111 Å². The van der Waals surface area contributed by atoms with Crippen molar-refractivity contribution >= 4 is 28.5 Å². The number of hydrogen-bond acceptors (Lipinski definition) is 2. The van der Waals surface area contributed by atoms with Gasteiger partial charge in [0, 0.05) is 17.6 Å². The molecular formula is C14H16ClNO2. The first-order chi connectivity index (χ1) is 8.63. The van der Waals surface area contributed by atoms with Crippen molar-refractivity contribution in [2.75, 3.05) is 6.61 Å². The van der Waals surface area contributed by atoms with Gasteiger partial charge in [-0.2, -0.15) is 0 Å². The summed E-state index contributed by atoms with van der Waals surface area (Å²) >= 11 is 6.21. The number of ether oxygens (including phenoxy) is 1. The van der Waals surface area contributed by atoms with Crippen molar-refractivity contribution in [2.24, 2.45) is 0 Å². The van der Waals surface area contributed by atoms with Gasteiger partial charge in [-0.3, -0.25) is 4.79 Å². The highest BCUT2D eigenvalue weighted by atomic mass is 35.5.